The molecule has 0 aromatic heterocycles. The third-order valence-corrected chi connectivity index (χ3v) is 7.59. The normalized spacial score (nSPS) is 16.8. The molecule has 10 N–H and O–H groups in total. The smallest absolute Gasteiger partial charge is 0.312 e. The summed E-state index contributed by atoms with van der Waals surface area (Å²) in [5.41, 5.74) is 17.3. The SMILES string of the molecule is NC(=O)NCCC[C@H](NC(=O)[C@H](Cc1ccc2ccccc2c1)NC(=O)[C@@H]1CCCCN1C(=O)[C@@H](N)CCC(=O)O)C(N)=O. The summed E-state index contributed by atoms with van der Waals surface area (Å²) in [7, 11) is 0. The van der Waals surface area contributed by atoms with Gasteiger partial charge in [0.05, 0.1) is 6.04 Å². The molecule has 1 heterocycles. The standard InChI is InChI=1S/C30H41N7O7/c31-21(12-13-25(38)39)29(43)37-15-4-3-9-24(37)28(42)36-23(17-18-10-11-19-6-1-2-7-20(19)16-18)27(41)35-22(26(32)40)8-5-14-34-30(33)44/h1-2,6-7,10-11,16,21-24H,3-5,8-9,12-15,17,31H2,(H2,32,40)(H,35,41)(H,36,42)(H,38,39)(H3,33,34,44)/t21-,22-,23-,24-/m0/s1. The molecule has 14 nitrogen and oxygen atoms in total. The Morgan fingerprint density at radius 2 is 1.66 bits per heavy atom. The molecule has 1 saturated heterocycles. The lowest BCUT2D eigenvalue weighted by atomic mass is 9.97. The molecule has 2 aromatic rings. The van der Waals surface area contributed by atoms with Gasteiger partial charge in [-0.15, -0.1) is 0 Å². The van der Waals surface area contributed by atoms with Crippen molar-refractivity contribution in [2.75, 3.05) is 13.1 Å². The number of nitrogens with zero attached hydrogens (tertiary/aromatic N) is 1. The molecule has 238 valence electrons. The molecular formula is C30H41N7O7. The molecule has 44 heavy (non-hydrogen) atoms. The quantitative estimate of drug-likeness (QED) is 0.133. The van der Waals surface area contributed by atoms with E-state index in [-0.39, 0.29) is 38.8 Å². The lowest BCUT2D eigenvalue weighted by Gasteiger charge is -2.37. The van der Waals surface area contributed by atoms with Crippen molar-refractivity contribution in [1.82, 2.24) is 20.9 Å². The second-order valence-electron chi connectivity index (χ2n) is 10.9. The van der Waals surface area contributed by atoms with E-state index < -0.39 is 59.8 Å². The summed E-state index contributed by atoms with van der Waals surface area (Å²) in [6.07, 6.45) is 1.79. The summed E-state index contributed by atoms with van der Waals surface area (Å²) >= 11 is 0. The number of hydrogen-bond acceptors (Lipinski definition) is 7. The number of hydrogen-bond donors (Lipinski definition) is 7. The third kappa shape index (κ3) is 9.93. The van der Waals surface area contributed by atoms with Crippen LogP contribution in [0.2, 0.25) is 0 Å². The number of likely N-dealkylation sites (tertiary alicyclic amines) is 1. The van der Waals surface area contributed by atoms with Crippen LogP contribution in [0.1, 0.15) is 50.5 Å². The van der Waals surface area contributed by atoms with Crippen LogP contribution in [-0.4, -0.2) is 82.9 Å². The molecule has 3 rings (SSSR count). The number of carboxylic acid groups (broad SMARTS) is 1. The highest BCUT2D eigenvalue weighted by Gasteiger charge is 2.36. The number of nitrogens with one attached hydrogen (secondary N) is 3. The number of aliphatic carboxylic acids is 1. The maximum atomic E-state index is 13.6. The van der Waals surface area contributed by atoms with Crippen LogP contribution in [0.25, 0.3) is 10.8 Å². The zero-order valence-corrected chi connectivity index (χ0v) is 24.5. The first-order chi connectivity index (χ1) is 21.0. The number of piperidine rings is 1. The van der Waals surface area contributed by atoms with Gasteiger partial charge in [-0.1, -0.05) is 42.5 Å². The Hall–Kier alpha value is -4.72. The molecule has 0 radical (unpaired) electrons. The number of urea groups is 1. The van der Waals surface area contributed by atoms with E-state index >= 15 is 0 Å². The van der Waals surface area contributed by atoms with E-state index in [0.717, 1.165) is 16.3 Å². The van der Waals surface area contributed by atoms with Crippen LogP contribution in [0.4, 0.5) is 4.79 Å². The lowest BCUT2D eigenvalue weighted by Crippen LogP contribution is -2.60. The van der Waals surface area contributed by atoms with Crippen LogP contribution in [0.3, 0.4) is 0 Å². The number of rotatable bonds is 15. The monoisotopic (exact) mass is 611 g/mol. The Balaban J connectivity index is 1.81. The summed E-state index contributed by atoms with van der Waals surface area (Å²) < 4.78 is 0. The minimum atomic E-state index is -1.13. The van der Waals surface area contributed by atoms with Gasteiger partial charge in [0.1, 0.15) is 18.1 Å². The van der Waals surface area contributed by atoms with Gasteiger partial charge in [-0.2, -0.15) is 0 Å². The number of amides is 6. The minimum Gasteiger partial charge on any atom is -0.481 e. The second kappa shape index (κ2) is 16.2. The third-order valence-electron chi connectivity index (χ3n) is 7.59. The van der Waals surface area contributed by atoms with Crippen LogP contribution >= 0.6 is 0 Å². The lowest BCUT2D eigenvalue weighted by molar-refractivity contribution is -0.144. The Morgan fingerprint density at radius 1 is 0.932 bits per heavy atom. The second-order valence-corrected chi connectivity index (χ2v) is 10.9. The van der Waals surface area contributed by atoms with Crippen molar-refractivity contribution < 1.29 is 33.9 Å². The fraction of sp³-hybridized carbons (Fsp3) is 0.467. The molecule has 0 bridgehead atoms. The van der Waals surface area contributed by atoms with Crippen molar-refractivity contribution >= 4 is 46.4 Å². The van der Waals surface area contributed by atoms with Gasteiger partial charge in [0, 0.05) is 25.9 Å². The van der Waals surface area contributed by atoms with E-state index in [1.54, 1.807) is 0 Å². The molecule has 0 unspecified atom stereocenters. The van der Waals surface area contributed by atoms with Crippen molar-refractivity contribution in [2.24, 2.45) is 17.2 Å². The topological polar surface area (TPSA) is 240 Å². The fourth-order valence-corrected chi connectivity index (χ4v) is 5.24. The molecule has 6 amide bonds. The van der Waals surface area contributed by atoms with Crippen molar-refractivity contribution in [2.45, 2.75) is 75.5 Å². The molecule has 1 aliphatic rings. The van der Waals surface area contributed by atoms with Gasteiger partial charge in [-0.3, -0.25) is 24.0 Å². The van der Waals surface area contributed by atoms with Gasteiger partial charge in [0.25, 0.3) is 0 Å². The molecule has 14 heteroatoms. The van der Waals surface area contributed by atoms with Crippen molar-refractivity contribution in [3.8, 4) is 0 Å². The van der Waals surface area contributed by atoms with E-state index in [0.29, 0.717) is 25.7 Å². The molecule has 4 atom stereocenters. The van der Waals surface area contributed by atoms with E-state index in [1.807, 2.05) is 42.5 Å². The first kappa shape index (κ1) is 33.8. The Labute approximate surface area is 255 Å². The van der Waals surface area contributed by atoms with Crippen LogP contribution in [0.15, 0.2) is 42.5 Å². The van der Waals surface area contributed by atoms with E-state index in [9.17, 15) is 28.8 Å². The number of carboxylic acids is 1. The largest absolute Gasteiger partial charge is 0.481 e. The van der Waals surface area contributed by atoms with Gasteiger partial charge in [-0.25, -0.2) is 4.79 Å². The molecular weight excluding hydrogens is 570 g/mol. The summed E-state index contributed by atoms with van der Waals surface area (Å²) in [6.45, 7) is 0.439. The molecule has 0 aliphatic carbocycles. The van der Waals surface area contributed by atoms with Crippen molar-refractivity contribution in [3.05, 3.63) is 48.0 Å². The molecule has 1 fully saturated rings. The first-order valence-electron chi connectivity index (χ1n) is 14.6. The van der Waals surface area contributed by atoms with E-state index in [4.69, 9.17) is 22.3 Å². The summed E-state index contributed by atoms with van der Waals surface area (Å²) in [6, 6.07) is 8.39. The summed E-state index contributed by atoms with van der Waals surface area (Å²) in [5, 5.41) is 18.7. The molecule has 2 aromatic carbocycles. The van der Waals surface area contributed by atoms with Gasteiger partial charge in [0.2, 0.25) is 23.6 Å². The van der Waals surface area contributed by atoms with Gasteiger partial charge in [0.15, 0.2) is 0 Å². The molecule has 0 saturated carbocycles. The summed E-state index contributed by atoms with van der Waals surface area (Å²) in [4.78, 5) is 75.8. The summed E-state index contributed by atoms with van der Waals surface area (Å²) in [5.74, 6) is -3.61. The van der Waals surface area contributed by atoms with Crippen LogP contribution < -0.4 is 33.2 Å². The Morgan fingerprint density at radius 3 is 2.34 bits per heavy atom. The maximum Gasteiger partial charge on any atom is 0.312 e. The number of primary amides is 2. The highest BCUT2D eigenvalue weighted by molar-refractivity contribution is 5.95. The molecule has 0 spiro atoms. The highest BCUT2D eigenvalue weighted by atomic mass is 16.4. The molecule has 1 aliphatic heterocycles. The average Bonchev–Trinajstić information content (AvgIpc) is 3.00. The minimum absolute atomic E-state index is 0.0739. The zero-order valence-electron chi connectivity index (χ0n) is 24.5. The number of carbonyl (C=O) groups is 6. The van der Waals surface area contributed by atoms with Crippen molar-refractivity contribution in [3.63, 3.8) is 0 Å². The maximum absolute atomic E-state index is 13.6. The Kier molecular flexibility index (Phi) is 12.4. The van der Waals surface area contributed by atoms with Crippen LogP contribution in [0.5, 0.6) is 0 Å². The predicted octanol–water partition coefficient (Wildman–Crippen LogP) is -0.141. The van der Waals surface area contributed by atoms with Gasteiger partial charge in [-0.05, 0) is 54.9 Å². The number of benzene rings is 2. The number of fused-ring (bicyclic) bond motifs is 1. The average molecular weight is 612 g/mol. The first-order valence-corrected chi connectivity index (χ1v) is 14.6. The zero-order chi connectivity index (χ0) is 32.2. The van der Waals surface area contributed by atoms with Crippen LogP contribution in [0, 0.1) is 0 Å². The van der Waals surface area contributed by atoms with E-state index in [2.05, 4.69) is 16.0 Å². The van der Waals surface area contributed by atoms with Crippen molar-refractivity contribution in [1.29, 1.82) is 0 Å². The fourth-order valence-electron chi connectivity index (χ4n) is 5.24. The van der Waals surface area contributed by atoms with Gasteiger partial charge >= 0.3 is 12.0 Å². The number of nitrogens with two attached hydrogens (primary N) is 3. The van der Waals surface area contributed by atoms with Gasteiger partial charge < -0.3 is 43.2 Å². The number of carbonyl (C=O) groups excluding carboxylic acids is 5. The van der Waals surface area contributed by atoms with E-state index in [1.165, 1.54) is 4.90 Å². The Bertz CT molecular complexity index is 1370. The predicted molar refractivity (Wildman–Crippen MR) is 162 cm³/mol. The highest BCUT2D eigenvalue weighted by Crippen LogP contribution is 2.21. The van der Waals surface area contributed by atoms with Crippen LogP contribution in [-0.2, 0) is 30.4 Å².